The summed E-state index contributed by atoms with van der Waals surface area (Å²) in [5, 5.41) is 0. The molecule has 1 atom stereocenters. The molecule has 0 radical (unpaired) electrons. The van der Waals surface area contributed by atoms with Crippen LogP contribution in [-0.4, -0.2) is 37.2 Å². The van der Waals surface area contributed by atoms with E-state index in [9.17, 15) is 14.4 Å². The lowest BCUT2D eigenvalue weighted by Crippen LogP contribution is -2.30. The Kier molecular flexibility index (Phi) is 53.0. The molecule has 0 spiro atoms. The van der Waals surface area contributed by atoms with Crippen LogP contribution >= 0.6 is 0 Å². The van der Waals surface area contributed by atoms with E-state index in [1.54, 1.807) is 0 Å². The molecule has 0 aromatic carbocycles. The number of rotatable bonds is 55. The average molecular weight is 934 g/mol. The molecule has 0 saturated heterocycles. The zero-order valence-electron chi connectivity index (χ0n) is 45.2. The van der Waals surface area contributed by atoms with Crippen LogP contribution < -0.4 is 0 Å². The Bertz CT molecular complexity index is 996. The van der Waals surface area contributed by atoms with Crippen molar-refractivity contribution in [3.05, 3.63) is 0 Å². The van der Waals surface area contributed by atoms with Gasteiger partial charge in [-0.2, -0.15) is 0 Å². The fourth-order valence-electron chi connectivity index (χ4n) is 9.28. The van der Waals surface area contributed by atoms with Crippen LogP contribution in [0.5, 0.6) is 0 Å². The molecule has 0 saturated carbocycles. The topological polar surface area (TPSA) is 78.9 Å². The third kappa shape index (κ3) is 53.4. The summed E-state index contributed by atoms with van der Waals surface area (Å²) in [5.74, 6) is 0.0241. The summed E-state index contributed by atoms with van der Waals surface area (Å²) in [7, 11) is 0. The van der Waals surface area contributed by atoms with Crippen molar-refractivity contribution in [2.24, 2.45) is 5.92 Å². The molecule has 0 aromatic heterocycles. The number of unbranched alkanes of at least 4 members (excludes halogenated alkanes) is 42. The quantitative estimate of drug-likeness (QED) is 0.0343. The standard InChI is InChI=1S/C60H116O6/c1-5-7-9-11-13-15-17-18-19-22-27-30-33-37-41-45-49-53-60(63)66-57(54-64-58(61)51-47-43-39-35-16-14-12-10-8-6-2)55-65-59(62)52-48-44-40-36-32-29-26-24-21-20-23-25-28-31-34-38-42-46-50-56(3)4/h56-57H,5-55H2,1-4H3/t57-/m0/s1. The summed E-state index contributed by atoms with van der Waals surface area (Å²) in [6.07, 6.45) is 59.6. The third-order valence-electron chi connectivity index (χ3n) is 13.8. The minimum Gasteiger partial charge on any atom is -0.462 e. The third-order valence-corrected chi connectivity index (χ3v) is 13.8. The van der Waals surface area contributed by atoms with Crippen LogP contribution in [0.1, 0.15) is 342 Å². The Morgan fingerprint density at radius 1 is 0.288 bits per heavy atom. The summed E-state index contributed by atoms with van der Waals surface area (Å²) in [5.41, 5.74) is 0. The molecule has 0 N–H and O–H groups in total. The smallest absolute Gasteiger partial charge is 0.306 e. The van der Waals surface area contributed by atoms with E-state index in [0.717, 1.165) is 63.7 Å². The zero-order valence-corrected chi connectivity index (χ0v) is 45.2. The van der Waals surface area contributed by atoms with Gasteiger partial charge in [0.1, 0.15) is 13.2 Å². The highest BCUT2D eigenvalue weighted by Gasteiger charge is 2.19. The predicted molar refractivity (Wildman–Crippen MR) is 284 cm³/mol. The average Bonchev–Trinajstić information content (AvgIpc) is 3.30. The van der Waals surface area contributed by atoms with Crippen LogP contribution in [0.15, 0.2) is 0 Å². The van der Waals surface area contributed by atoms with Crippen LogP contribution in [0, 0.1) is 5.92 Å². The molecule has 0 amide bonds. The maximum Gasteiger partial charge on any atom is 0.306 e. The van der Waals surface area contributed by atoms with Crippen molar-refractivity contribution >= 4 is 17.9 Å². The largest absolute Gasteiger partial charge is 0.462 e. The highest BCUT2D eigenvalue weighted by molar-refractivity contribution is 5.71. The Labute approximate surface area is 412 Å². The van der Waals surface area contributed by atoms with Gasteiger partial charge in [-0.15, -0.1) is 0 Å². The van der Waals surface area contributed by atoms with Crippen molar-refractivity contribution in [2.45, 2.75) is 348 Å². The molecule has 0 bridgehead atoms. The number of carbonyl (C=O) groups excluding carboxylic acids is 3. The molecule has 6 heteroatoms. The Hall–Kier alpha value is -1.59. The molecule has 0 unspecified atom stereocenters. The Balaban J connectivity index is 4.20. The van der Waals surface area contributed by atoms with Gasteiger partial charge in [0, 0.05) is 19.3 Å². The fraction of sp³-hybridized carbons (Fsp3) is 0.950. The zero-order chi connectivity index (χ0) is 48.1. The van der Waals surface area contributed by atoms with Gasteiger partial charge < -0.3 is 14.2 Å². The maximum atomic E-state index is 12.8. The number of ether oxygens (including phenoxy) is 3. The lowest BCUT2D eigenvalue weighted by molar-refractivity contribution is -0.167. The monoisotopic (exact) mass is 933 g/mol. The molecule has 0 aliphatic rings. The van der Waals surface area contributed by atoms with E-state index in [-0.39, 0.29) is 31.1 Å². The highest BCUT2D eigenvalue weighted by Crippen LogP contribution is 2.18. The Morgan fingerprint density at radius 3 is 0.742 bits per heavy atom. The van der Waals surface area contributed by atoms with E-state index in [0.29, 0.717) is 19.3 Å². The molecule has 0 fully saturated rings. The minimum absolute atomic E-state index is 0.0617. The van der Waals surface area contributed by atoms with Gasteiger partial charge in [0.05, 0.1) is 0 Å². The number of hydrogen-bond acceptors (Lipinski definition) is 6. The molecule has 0 aliphatic heterocycles. The van der Waals surface area contributed by atoms with Gasteiger partial charge in [0.25, 0.3) is 0 Å². The van der Waals surface area contributed by atoms with Crippen LogP contribution in [0.25, 0.3) is 0 Å². The van der Waals surface area contributed by atoms with Crippen molar-refractivity contribution in [3.63, 3.8) is 0 Å². The molecule has 6 nitrogen and oxygen atoms in total. The van der Waals surface area contributed by atoms with Crippen LogP contribution in [0.3, 0.4) is 0 Å². The number of carbonyl (C=O) groups is 3. The molecule has 66 heavy (non-hydrogen) atoms. The summed E-state index contributed by atoms with van der Waals surface area (Å²) >= 11 is 0. The van der Waals surface area contributed by atoms with Gasteiger partial charge in [0.2, 0.25) is 0 Å². The normalized spacial score (nSPS) is 12.0. The van der Waals surface area contributed by atoms with E-state index in [2.05, 4.69) is 27.7 Å². The highest BCUT2D eigenvalue weighted by atomic mass is 16.6. The van der Waals surface area contributed by atoms with Gasteiger partial charge >= 0.3 is 17.9 Å². The van der Waals surface area contributed by atoms with Gasteiger partial charge in [-0.05, 0) is 25.2 Å². The Morgan fingerprint density at radius 2 is 0.500 bits per heavy atom. The van der Waals surface area contributed by atoms with Gasteiger partial charge in [-0.25, -0.2) is 0 Å². The van der Waals surface area contributed by atoms with Crippen molar-refractivity contribution in [3.8, 4) is 0 Å². The first-order valence-electron chi connectivity index (χ1n) is 29.9. The van der Waals surface area contributed by atoms with Crippen molar-refractivity contribution in [1.29, 1.82) is 0 Å². The van der Waals surface area contributed by atoms with E-state index >= 15 is 0 Å². The predicted octanol–water partition coefficient (Wildman–Crippen LogP) is 19.8. The summed E-state index contributed by atoms with van der Waals surface area (Å²) in [4.78, 5) is 38.1. The second kappa shape index (κ2) is 54.4. The van der Waals surface area contributed by atoms with Crippen LogP contribution in [0.2, 0.25) is 0 Å². The lowest BCUT2D eigenvalue weighted by atomic mass is 10.0. The molecular weight excluding hydrogens is 817 g/mol. The van der Waals surface area contributed by atoms with Crippen LogP contribution in [-0.2, 0) is 28.6 Å². The first-order chi connectivity index (χ1) is 32.4. The van der Waals surface area contributed by atoms with E-state index in [1.165, 1.54) is 238 Å². The molecule has 0 rings (SSSR count). The summed E-state index contributed by atoms with van der Waals surface area (Å²) in [6.45, 7) is 9.07. The van der Waals surface area contributed by atoms with Gasteiger partial charge in [-0.3, -0.25) is 14.4 Å². The first kappa shape index (κ1) is 64.4. The van der Waals surface area contributed by atoms with Gasteiger partial charge in [0.15, 0.2) is 6.10 Å². The van der Waals surface area contributed by atoms with E-state index in [4.69, 9.17) is 14.2 Å². The molecule has 0 aliphatic carbocycles. The van der Waals surface area contributed by atoms with E-state index < -0.39 is 6.10 Å². The molecular formula is C60H116O6. The minimum atomic E-state index is -0.761. The molecule has 0 aromatic rings. The SMILES string of the molecule is CCCCCCCCCCCCCCCCCCCC(=O)O[C@@H](COC(=O)CCCCCCCCCCCC)COC(=O)CCCCCCCCCCCCCCCCCCCCC(C)C. The van der Waals surface area contributed by atoms with Crippen molar-refractivity contribution in [2.75, 3.05) is 13.2 Å². The second-order valence-electron chi connectivity index (χ2n) is 21.1. The fourth-order valence-corrected chi connectivity index (χ4v) is 9.28. The summed E-state index contributed by atoms with van der Waals surface area (Å²) < 4.78 is 16.9. The maximum absolute atomic E-state index is 12.8. The molecule has 392 valence electrons. The lowest BCUT2D eigenvalue weighted by Gasteiger charge is -2.18. The van der Waals surface area contributed by atoms with E-state index in [1.807, 2.05) is 0 Å². The van der Waals surface area contributed by atoms with Crippen molar-refractivity contribution < 1.29 is 28.6 Å². The number of esters is 3. The van der Waals surface area contributed by atoms with Crippen molar-refractivity contribution in [1.82, 2.24) is 0 Å². The van der Waals surface area contributed by atoms with Crippen LogP contribution in [0.4, 0.5) is 0 Å². The second-order valence-corrected chi connectivity index (χ2v) is 21.1. The number of hydrogen-bond donors (Lipinski definition) is 0. The van der Waals surface area contributed by atoms with Gasteiger partial charge in [-0.1, -0.05) is 304 Å². The summed E-state index contributed by atoms with van der Waals surface area (Å²) in [6, 6.07) is 0. The molecule has 0 heterocycles. The first-order valence-corrected chi connectivity index (χ1v) is 29.9.